The van der Waals surface area contributed by atoms with E-state index in [0.717, 1.165) is 0 Å². The molecule has 0 bridgehead atoms. The second-order valence-electron chi connectivity index (χ2n) is 5.32. The van der Waals surface area contributed by atoms with E-state index in [4.69, 9.17) is 12.2 Å². The number of hydrogen-bond donors (Lipinski definition) is 2. The molecular weight excluding hydrogens is 210 g/mol. The standard InChI is InChI=1S/C10H17N3OS/c1-9(2)7(10(9,3)4)13-6(5-14)11-12-8(13)15/h7,14H,5H2,1-4H3,(H,12,15). The summed E-state index contributed by atoms with van der Waals surface area (Å²) >= 11 is 5.19. The Kier molecular flexibility index (Phi) is 2.11. The van der Waals surface area contributed by atoms with Crippen molar-refractivity contribution in [3.05, 3.63) is 10.6 Å². The van der Waals surface area contributed by atoms with Crippen molar-refractivity contribution in [2.45, 2.75) is 40.3 Å². The smallest absolute Gasteiger partial charge is 0.195 e. The third-order valence-corrected chi connectivity index (χ3v) is 4.41. The van der Waals surface area contributed by atoms with Gasteiger partial charge in [-0.3, -0.25) is 9.67 Å². The van der Waals surface area contributed by atoms with Crippen molar-refractivity contribution in [2.75, 3.05) is 0 Å². The van der Waals surface area contributed by atoms with Crippen molar-refractivity contribution >= 4 is 12.2 Å². The predicted octanol–water partition coefficient (Wildman–Crippen LogP) is 2.04. The van der Waals surface area contributed by atoms with Crippen LogP contribution in [0, 0.1) is 15.6 Å². The Morgan fingerprint density at radius 1 is 1.40 bits per heavy atom. The normalized spacial score (nSPS) is 23.0. The molecule has 84 valence electrons. The van der Waals surface area contributed by atoms with Gasteiger partial charge in [0.2, 0.25) is 0 Å². The van der Waals surface area contributed by atoms with Crippen LogP contribution in [0.4, 0.5) is 0 Å². The summed E-state index contributed by atoms with van der Waals surface area (Å²) in [7, 11) is 0. The molecule has 0 radical (unpaired) electrons. The van der Waals surface area contributed by atoms with Crippen molar-refractivity contribution < 1.29 is 5.11 Å². The molecule has 4 nitrogen and oxygen atoms in total. The van der Waals surface area contributed by atoms with E-state index in [1.807, 2.05) is 4.57 Å². The minimum Gasteiger partial charge on any atom is -0.388 e. The van der Waals surface area contributed by atoms with Gasteiger partial charge in [0.25, 0.3) is 0 Å². The van der Waals surface area contributed by atoms with Gasteiger partial charge in [0.05, 0.1) is 0 Å². The quantitative estimate of drug-likeness (QED) is 0.760. The predicted molar refractivity (Wildman–Crippen MR) is 59.9 cm³/mol. The third kappa shape index (κ3) is 1.23. The molecule has 0 aliphatic heterocycles. The Morgan fingerprint density at radius 3 is 2.33 bits per heavy atom. The average molecular weight is 227 g/mol. The lowest BCUT2D eigenvalue weighted by molar-refractivity contribution is 0.262. The average Bonchev–Trinajstić information content (AvgIpc) is 2.46. The number of nitrogens with zero attached hydrogens (tertiary/aromatic N) is 2. The van der Waals surface area contributed by atoms with Crippen molar-refractivity contribution in [3.8, 4) is 0 Å². The third-order valence-electron chi connectivity index (χ3n) is 4.12. The molecule has 5 heteroatoms. The van der Waals surface area contributed by atoms with E-state index >= 15 is 0 Å². The van der Waals surface area contributed by atoms with Crippen molar-refractivity contribution in [3.63, 3.8) is 0 Å². The SMILES string of the molecule is CC1(C)C(n2c(CO)n[nH]c2=S)C1(C)C. The maximum absolute atomic E-state index is 9.20. The van der Waals surface area contributed by atoms with Crippen molar-refractivity contribution in [1.82, 2.24) is 14.8 Å². The first-order chi connectivity index (χ1) is 6.84. The Hall–Kier alpha value is -0.680. The van der Waals surface area contributed by atoms with E-state index in [1.54, 1.807) is 0 Å². The zero-order valence-corrected chi connectivity index (χ0v) is 10.4. The molecule has 15 heavy (non-hydrogen) atoms. The molecule has 1 heterocycles. The van der Waals surface area contributed by atoms with E-state index in [9.17, 15) is 5.11 Å². The molecule has 1 aromatic rings. The molecule has 0 atom stereocenters. The maximum Gasteiger partial charge on any atom is 0.195 e. The van der Waals surface area contributed by atoms with Gasteiger partial charge in [-0.2, -0.15) is 5.10 Å². The molecule has 0 spiro atoms. The van der Waals surface area contributed by atoms with Crippen LogP contribution < -0.4 is 0 Å². The lowest BCUT2D eigenvalue weighted by Gasteiger charge is -2.06. The number of nitrogens with one attached hydrogen (secondary N) is 1. The first-order valence-electron chi connectivity index (χ1n) is 5.10. The molecule has 2 rings (SSSR count). The van der Waals surface area contributed by atoms with Crippen LogP contribution in [-0.2, 0) is 6.61 Å². The summed E-state index contributed by atoms with van der Waals surface area (Å²) in [5, 5.41) is 16.0. The number of aromatic amines is 1. The summed E-state index contributed by atoms with van der Waals surface area (Å²) in [4.78, 5) is 0. The Labute approximate surface area is 94.3 Å². The molecule has 0 saturated heterocycles. The number of hydrogen-bond acceptors (Lipinski definition) is 3. The van der Waals surface area contributed by atoms with Crippen LogP contribution in [0.3, 0.4) is 0 Å². The Bertz CT molecular complexity index is 430. The molecule has 1 saturated carbocycles. The van der Waals surface area contributed by atoms with Crippen molar-refractivity contribution in [1.29, 1.82) is 0 Å². The summed E-state index contributed by atoms with van der Waals surface area (Å²) in [6.45, 7) is 8.79. The zero-order chi connectivity index (χ0) is 11.4. The molecular formula is C10H17N3OS. The number of rotatable bonds is 2. The summed E-state index contributed by atoms with van der Waals surface area (Å²) in [6, 6.07) is 0.318. The lowest BCUT2D eigenvalue weighted by Crippen LogP contribution is -2.06. The molecule has 1 aromatic heterocycles. The summed E-state index contributed by atoms with van der Waals surface area (Å²) in [5.41, 5.74) is 0.387. The highest BCUT2D eigenvalue weighted by Gasteiger charge is 2.66. The maximum atomic E-state index is 9.20. The molecule has 1 fully saturated rings. The van der Waals surface area contributed by atoms with Gasteiger partial charge in [-0.15, -0.1) is 0 Å². The van der Waals surface area contributed by atoms with Gasteiger partial charge in [-0.25, -0.2) is 0 Å². The van der Waals surface area contributed by atoms with Gasteiger partial charge >= 0.3 is 0 Å². The van der Waals surface area contributed by atoms with Crippen LogP contribution in [0.15, 0.2) is 0 Å². The Morgan fingerprint density at radius 2 is 1.93 bits per heavy atom. The second-order valence-corrected chi connectivity index (χ2v) is 5.71. The largest absolute Gasteiger partial charge is 0.388 e. The van der Waals surface area contributed by atoms with Crippen LogP contribution in [0.25, 0.3) is 0 Å². The van der Waals surface area contributed by atoms with Crippen LogP contribution in [0.5, 0.6) is 0 Å². The van der Waals surface area contributed by atoms with E-state index < -0.39 is 0 Å². The first-order valence-corrected chi connectivity index (χ1v) is 5.51. The van der Waals surface area contributed by atoms with Crippen LogP contribution in [0.2, 0.25) is 0 Å². The van der Waals surface area contributed by atoms with Crippen LogP contribution >= 0.6 is 12.2 Å². The fraction of sp³-hybridized carbons (Fsp3) is 0.800. The topological polar surface area (TPSA) is 53.8 Å². The fourth-order valence-corrected chi connectivity index (χ4v) is 2.78. The summed E-state index contributed by atoms with van der Waals surface area (Å²) in [5.74, 6) is 0.628. The van der Waals surface area contributed by atoms with Gasteiger partial charge in [-0.05, 0) is 23.0 Å². The number of aliphatic hydroxyl groups is 1. The number of aliphatic hydroxyl groups excluding tert-OH is 1. The molecule has 0 aromatic carbocycles. The van der Waals surface area contributed by atoms with Gasteiger partial charge < -0.3 is 5.11 Å². The van der Waals surface area contributed by atoms with Gasteiger partial charge in [0.1, 0.15) is 6.61 Å². The molecule has 2 N–H and O–H groups in total. The summed E-state index contributed by atoms with van der Waals surface area (Å²) < 4.78 is 2.55. The van der Waals surface area contributed by atoms with E-state index in [2.05, 4.69) is 37.9 Å². The van der Waals surface area contributed by atoms with Crippen molar-refractivity contribution in [2.24, 2.45) is 10.8 Å². The van der Waals surface area contributed by atoms with E-state index in [-0.39, 0.29) is 17.4 Å². The van der Waals surface area contributed by atoms with Gasteiger partial charge in [0.15, 0.2) is 10.6 Å². The Balaban J connectivity index is 2.49. The van der Waals surface area contributed by atoms with Crippen LogP contribution in [-0.4, -0.2) is 19.9 Å². The summed E-state index contributed by atoms with van der Waals surface area (Å²) in [6.07, 6.45) is 0. The van der Waals surface area contributed by atoms with Gasteiger partial charge in [0, 0.05) is 6.04 Å². The van der Waals surface area contributed by atoms with E-state index in [1.165, 1.54) is 0 Å². The monoisotopic (exact) mass is 227 g/mol. The highest BCUT2D eigenvalue weighted by Crippen LogP contribution is 2.71. The van der Waals surface area contributed by atoms with Gasteiger partial charge in [-0.1, -0.05) is 27.7 Å². The highest BCUT2D eigenvalue weighted by atomic mass is 32.1. The van der Waals surface area contributed by atoms with Crippen LogP contribution in [0.1, 0.15) is 39.6 Å². The molecule has 1 aliphatic rings. The number of H-pyrrole nitrogens is 1. The molecule has 0 unspecified atom stereocenters. The second kappa shape index (κ2) is 2.92. The molecule has 0 amide bonds. The zero-order valence-electron chi connectivity index (χ0n) is 9.53. The lowest BCUT2D eigenvalue weighted by atomic mass is 10.0. The minimum absolute atomic E-state index is 0.0736. The highest BCUT2D eigenvalue weighted by molar-refractivity contribution is 7.71. The fourth-order valence-electron chi connectivity index (χ4n) is 2.52. The van der Waals surface area contributed by atoms with E-state index in [0.29, 0.717) is 16.6 Å². The minimum atomic E-state index is -0.0736. The molecule has 1 aliphatic carbocycles. The first kappa shape index (κ1) is 10.8. The number of aromatic nitrogens is 3.